The molecule has 0 fully saturated rings. The Morgan fingerprint density at radius 2 is 2.06 bits per heavy atom. The lowest BCUT2D eigenvalue weighted by atomic mass is 10.2. The van der Waals surface area contributed by atoms with Crippen LogP contribution in [-0.4, -0.2) is 24.7 Å². The molecule has 5 heteroatoms. The molecule has 0 radical (unpaired) electrons. The second kappa shape index (κ2) is 5.67. The lowest BCUT2D eigenvalue weighted by Crippen LogP contribution is -2.41. The van der Waals surface area contributed by atoms with Gasteiger partial charge in [0.05, 0.1) is 10.7 Å². The molecule has 1 rings (SSSR count). The number of aromatic nitrogens is 2. The quantitative estimate of drug-likeness (QED) is 0.604. The van der Waals surface area contributed by atoms with Crippen molar-refractivity contribution in [2.24, 2.45) is 0 Å². The molecule has 0 aliphatic heterocycles. The zero-order chi connectivity index (χ0) is 13.1. The van der Waals surface area contributed by atoms with Gasteiger partial charge in [0, 0.05) is 19.3 Å². The number of rotatable bonds is 5. The maximum Gasteiger partial charge on any atom is 0.191 e. The minimum atomic E-state index is -1.58. The lowest BCUT2D eigenvalue weighted by Gasteiger charge is -2.36. The Bertz CT molecular complexity index is 358. The second-order valence-electron chi connectivity index (χ2n) is 5.88. The van der Waals surface area contributed by atoms with Gasteiger partial charge in [-0.1, -0.05) is 20.8 Å². The van der Waals surface area contributed by atoms with Crippen LogP contribution in [0.3, 0.4) is 0 Å². The molecule has 1 aromatic rings. The zero-order valence-electron chi connectivity index (χ0n) is 11.5. The molecule has 3 nitrogen and oxygen atoms in total. The molecule has 0 bridgehead atoms. The molecule has 0 atom stereocenters. The summed E-state index contributed by atoms with van der Waals surface area (Å²) in [7, 11) is -1.58. The average Bonchev–Trinajstić information content (AvgIpc) is 2.57. The first kappa shape index (κ1) is 14.9. The van der Waals surface area contributed by atoms with Crippen LogP contribution < -0.4 is 0 Å². The van der Waals surface area contributed by atoms with Gasteiger partial charge in [0.1, 0.15) is 0 Å². The fraction of sp³-hybridized carbons (Fsp3) is 0.750. The van der Waals surface area contributed by atoms with Crippen molar-refractivity contribution in [3.63, 3.8) is 0 Å². The summed E-state index contributed by atoms with van der Waals surface area (Å²) >= 11 is 3.39. The molecule has 0 saturated carbocycles. The Morgan fingerprint density at radius 1 is 1.41 bits per heavy atom. The van der Waals surface area contributed by atoms with Crippen LogP contribution in [0.2, 0.25) is 18.1 Å². The van der Waals surface area contributed by atoms with Crippen LogP contribution in [0.1, 0.15) is 27.2 Å². The number of nitrogens with zero attached hydrogens (tertiary/aromatic N) is 2. The van der Waals surface area contributed by atoms with Crippen LogP contribution in [0, 0.1) is 0 Å². The smallest absolute Gasteiger partial charge is 0.191 e. The van der Waals surface area contributed by atoms with Gasteiger partial charge in [0.2, 0.25) is 0 Å². The molecule has 0 N–H and O–H groups in total. The maximum atomic E-state index is 6.11. The monoisotopic (exact) mass is 318 g/mol. The van der Waals surface area contributed by atoms with Crippen molar-refractivity contribution in [3.05, 3.63) is 16.9 Å². The first-order valence-electron chi connectivity index (χ1n) is 6.04. The van der Waals surface area contributed by atoms with Crippen LogP contribution in [0.25, 0.3) is 0 Å². The third-order valence-electron chi connectivity index (χ3n) is 3.40. The summed E-state index contributed by atoms with van der Waals surface area (Å²) in [6, 6.07) is 0. The van der Waals surface area contributed by atoms with E-state index in [0.29, 0.717) is 5.04 Å². The SMILES string of the molecule is CC(C)(C)[Si](C)(C)OCCCn1cc(Br)cn1. The molecular formula is C12H23BrN2OSi. The first-order chi connectivity index (χ1) is 7.72. The van der Waals surface area contributed by atoms with Gasteiger partial charge in [-0.05, 0) is 40.5 Å². The van der Waals surface area contributed by atoms with E-state index < -0.39 is 8.32 Å². The van der Waals surface area contributed by atoms with Crippen molar-refractivity contribution in [3.8, 4) is 0 Å². The molecule has 1 aromatic heterocycles. The normalized spacial score (nSPS) is 13.1. The summed E-state index contributed by atoms with van der Waals surface area (Å²) < 4.78 is 9.08. The van der Waals surface area contributed by atoms with Gasteiger partial charge in [0.15, 0.2) is 8.32 Å². The molecule has 0 aliphatic carbocycles. The van der Waals surface area contributed by atoms with Crippen LogP contribution in [0.5, 0.6) is 0 Å². The van der Waals surface area contributed by atoms with E-state index in [1.54, 1.807) is 0 Å². The first-order valence-corrected chi connectivity index (χ1v) is 9.74. The van der Waals surface area contributed by atoms with Crippen molar-refractivity contribution >= 4 is 24.2 Å². The van der Waals surface area contributed by atoms with Crippen LogP contribution in [-0.2, 0) is 11.0 Å². The summed E-state index contributed by atoms with van der Waals surface area (Å²) in [6.45, 7) is 13.1. The Morgan fingerprint density at radius 3 is 2.53 bits per heavy atom. The van der Waals surface area contributed by atoms with Crippen molar-refractivity contribution in [2.45, 2.75) is 51.9 Å². The van der Waals surface area contributed by atoms with Crippen LogP contribution in [0.15, 0.2) is 16.9 Å². The highest BCUT2D eigenvalue weighted by Crippen LogP contribution is 2.36. The summed E-state index contributed by atoms with van der Waals surface area (Å²) in [5.74, 6) is 0. The summed E-state index contributed by atoms with van der Waals surface area (Å²) in [4.78, 5) is 0. The highest BCUT2D eigenvalue weighted by atomic mass is 79.9. The van der Waals surface area contributed by atoms with E-state index in [0.717, 1.165) is 24.0 Å². The lowest BCUT2D eigenvalue weighted by molar-refractivity contribution is 0.272. The molecule has 0 aromatic carbocycles. The van der Waals surface area contributed by atoms with E-state index in [9.17, 15) is 0 Å². The Balaban J connectivity index is 2.29. The standard InChI is InChI=1S/C12H23BrN2OSi/c1-12(2,3)17(4,5)16-8-6-7-15-10-11(13)9-14-15/h9-10H,6-8H2,1-5H3. The van der Waals surface area contributed by atoms with E-state index in [2.05, 4.69) is 54.9 Å². The fourth-order valence-corrected chi connectivity index (χ4v) is 2.65. The minimum absolute atomic E-state index is 0.293. The topological polar surface area (TPSA) is 27.1 Å². The largest absolute Gasteiger partial charge is 0.417 e. The molecule has 0 aliphatic rings. The highest BCUT2D eigenvalue weighted by molar-refractivity contribution is 9.10. The van der Waals surface area contributed by atoms with Gasteiger partial charge < -0.3 is 4.43 Å². The van der Waals surface area contributed by atoms with Crippen molar-refractivity contribution in [1.29, 1.82) is 0 Å². The minimum Gasteiger partial charge on any atom is -0.417 e. The molecule has 98 valence electrons. The Labute approximate surface area is 114 Å². The van der Waals surface area contributed by atoms with Gasteiger partial charge in [0.25, 0.3) is 0 Å². The molecule has 0 amide bonds. The van der Waals surface area contributed by atoms with E-state index in [1.165, 1.54) is 0 Å². The summed E-state index contributed by atoms with van der Waals surface area (Å²) in [5, 5.41) is 4.52. The number of hydrogen-bond acceptors (Lipinski definition) is 2. The van der Waals surface area contributed by atoms with Crippen molar-refractivity contribution in [2.75, 3.05) is 6.61 Å². The van der Waals surface area contributed by atoms with Gasteiger partial charge >= 0.3 is 0 Å². The van der Waals surface area contributed by atoms with Gasteiger partial charge in [-0.3, -0.25) is 4.68 Å². The third kappa shape index (κ3) is 4.56. The third-order valence-corrected chi connectivity index (χ3v) is 8.35. The van der Waals surface area contributed by atoms with E-state index in [1.807, 2.05) is 17.1 Å². The summed E-state index contributed by atoms with van der Waals surface area (Å²) in [5.41, 5.74) is 0. The van der Waals surface area contributed by atoms with E-state index in [-0.39, 0.29) is 0 Å². The molecule has 0 spiro atoms. The average molecular weight is 319 g/mol. The predicted octanol–water partition coefficient (Wildman–Crippen LogP) is 4.06. The predicted molar refractivity (Wildman–Crippen MR) is 77.7 cm³/mol. The molecule has 1 heterocycles. The van der Waals surface area contributed by atoms with Crippen molar-refractivity contribution in [1.82, 2.24) is 9.78 Å². The molecule has 17 heavy (non-hydrogen) atoms. The number of aryl methyl sites for hydroxylation is 1. The Hall–Kier alpha value is -0.133. The number of halogens is 1. The Kier molecular flexibility index (Phi) is 4.98. The summed E-state index contributed by atoms with van der Waals surface area (Å²) in [6.07, 6.45) is 4.82. The zero-order valence-corrected chi connectivity index (χ0v) is 14.0. The van der Waals surface area contributed by atoms with Crippen LogP contribution in [0.4, 0.5) is 0 Å². The van der Waals surface area contributed by atoms with E-state index in [4.69, 9.17) is 4.43 Å². The van der Waals surface area contributed by atoms with Gasteiger partial charge in [-0.2, -0.15) is 5.10 Å². The van der Waals surface area contributed by atoms with Crippen molar-refractivity contribution < 1.29 is 4.43 Å². The highest BCUT2D eigenvalue weighted by Gasteiger charge is 2.36. The number of hydrogen-bond donors (Lipinski definition) is 0. The van der Waals surface area contributed by atoms with Crippen LogP contribution >= 0.6 is 15.9 Å². The van der Waals surface area contributed by atoms with Gasteiger partial charge in [-0.15, -0.1) is 0 Å². The maximum absolute atomic E-state index is 6.11. The molecular weight excluding hydrogens is 296 g/mol. The molecule has 0 saturated heterocycles. The van der Waals surface area contributed by atoms with Gasteiger partial charge in [-0.25, -0.2) is 0 Å². The molecule has 0 unspecified atom stereocenters. The van der Waals surface area contributed by atoms with E-state index >= 15 is 0 Å². The fourth-order valence-electron chi connectivity index (χ4n) is 1.23. The second-order valence-corrected chi connectivity index (χ2v) is 11.6.